The number of hydrogen-bond donors (Lipinski definition) is 3. The first-order valence-electron chi connectivity index (χ1n) is 18.5. The molecule has 56 heavy (non-hydrogen) atoms. The molecule has 4 aromatic carbocycles. The third kappa shape index (κ3) is 7.86. The monoisotopic (exact) mass is 758 g/mol. The van der Waals surface area contributed by atoms with Crippen molar-refractivity contribution in [2.24, 2.45) is 11.8 Å². The highest BCUT2D eigenvalue weighted by molar-refractivity contribution is 5.96. The normalized spacial score (nSPS) is 20.6. The van der Waals surface area contributed by atoms with Crippen molar-refractivity contribution < 1.29 is 38.1 Å². The number of nitrogens with zero attached hydrogens (tertiary/aromatic N) is 2. The summed E-state index contributed by atoms with van der Waals surface area (Å²) in [5.74, 6) is -1.09. The highest BCUT2D eigenvalue weighted by atomic mass is 19.1. The van der Waals surface area contributed by atoms with E-state index in [2.05, 4.69) is 17.2 Å². The Morgan fingerprint density at radius 3 is 2.39 bits per heavy atom. The van der Waals surface area contributed by atoms with Gasteiger partial charge in [-0.3, -0.25) is 9.59 Å². The fourth-order valence-corrected chi connectivity index (χ4v) is 7.19. The van der Waals surface area contributed by atoms with Gasteiger partial charge in [0, 0.05) is 47.2 Å². The van der Waals surface area contributed by atoms with Crippen molar-refractivity contribution in [3.8, 4) is 34.3 Å². The summed E-state index contributed by atoms with van der Waals surface area (Å²) in [5.41, 5.74) is 1.29. The molecule has 7 rings (SSSR count). The fourth-order valence-electron chi connectivity index (χ4n) is 7.19. The third-order valence-electron chi connectivity index (χ3n) is 10.4. The van der Waals surface area contributed by atoms with E-state index in [0.29, 0.717) is 39.9 Å². The van der Waals surface area contributed by atoms with Crippen LogP contribution in [-0.2, 0) is 14.4 Å². The summed E-state index contributed by atoms with van der Waals surface area (Å²) in [7, 11) is 1.58. The largest absolute Gasteiger partial charge is 0.497 e. The van der Waals surface area contributed by atoms with Gasteiger partial charge in [0.15, 0.2) is 0 Å². The van der Waals surface area contributed by atoms with Gasteiger partial charge in [0.1, 0.15) is 52.5 Å². The molecule has 2 heterocycles. The highest BCUT2D eigenvalue weighted by Gasteiger charge is 2.61. The molecule has 2 amide bonds. The molecular weight excluding hydrogens is 716 g/mol. The SMILES string of the molecule is C=C[C@H]1CC1(NC(=O)[C@@H]1C[C@@H](Oc2cc(-c3ccccc3)nc3cc(OC)ccc23)CN1C(=O)[C@@H](Nc1cccc(Oc2ccc(F)cc2)c1)C(C)C)C(=O)O. The van der Waals surface area contributed by atoms with E-state index in [0.717, 1.165) is 10.9 Å². The summed E-state index contributed by atoms with van der Waals surface area (Å²) < 4.78 is 31.6. The van der Waals surface area contributed by atoms with Crippen molar-refractivity contribution in [1.29, 1.82) is 0 Å². The number of pyridine rings is 1. The number of rotatable bonds is 14. The summed E-state index contributed by atoms with van der Waals surface area (Å²) in [4.78, 5) is 47.6. The molecule has 1 aromatic heterocycles. The zero-order valence-corrected chi connectivity index (χ0v) is 31.3. The Bertz CT molecular complexity index is 2270. The predicted molar refractivity (Wildman–Crippen MR) is 210 cm³/mol. The first-order chi connectivity index (χ1) is 27.0. The van der Waals surface area contributed by atoms with Gasteiger partial charge in [-0.15, -0.1) is 6.58 Å². The fraction of sp³-hybridized carbons (Fsp3) is 0.273. The van der Waals surface area contributed by atoms with E-state index in [4.69, 9.17) is 19.2 Å². The molecule has 1 saturated carbocycles. The first kappa shape index (κ1) is 37.9. The Morgan fingerprint density at radius 2 is 1.71 bits per heavy atom. The number of ether oxygens (including phenoxy) is 3. The van der Waals surface area contributed by atoms with Gasteiger partial charge >= 0.3 is 5.97 Å². The lowest BCUT2D eigenvalue weighted by molar-refractivity contribution is -0.145. The van der Waals surface area contributed by atoms with E-state index < -0.39 is 41.5 Å². The smallest absolute Gasteiger partial charge is 0.330 e. The molecule has 1 unspecified atom stereocenters. The second-order valence-corrected chi connectivity index (χ2v) is 14.5. The summed E-state index contributed by atoms with van der Waals surface area (Å²) >= 11 is 0. The highest BCUT2D eigenvalue weighted by Crippen LogP contribution is 2.45. The lowest BCUT2D eigenvalue weighted by Crippen LogP contribution is -2.55. The number of methoxy groups -OCH3 is 1. The molecular formula is C44H43FN4O7. The van der Waals surface area contributed by atoms with Gasteiger partial charge < -0.3 is 34.9 Å². The third-order valence-corrected chi connectivity index (χ3v) is 10.4. The molecule has 1 aliphatic heterocycles. The van der Waals surface area contributed by atoms with Crippen molar-refractivity contribution in [2.45, 2.75) is 50.4 Å². The molecule has 0 radical (unpaired) electrons. The molecule has 1 aliphatic carbocycles. The number of aromatic nitrogens is 1. The van der Waals surface area contributed by atoms with Crippen LogP contribution in [0.5, 0.6) is 23.0 Å². The number of fused-ring (bicyclic) bond motifs is 1. The Kier molecular flexibility index (Phi) is 10.6. The number of carboxylic acids is 1. The van der Waals surface area contributed by atoms with E-state index in [1.54, 1.807) is 31.4 Å². The Balaban J connectivity index is 1.19. The van der Waals surface area contributed by atoms with Crippen LogP contribution in [0, 0.1) is 17.7 Å². The predicted octanol–water partition coefficient (Wildman–Crippen LogP) is 7.47. The van der Waals surface area contributed by atoms with Gasteiger partial charge in [0.2, 0.25) is 11.8 Å². The molecule has 12 heteroatoms. The lowest BCUT2D eigenvalue weighted by atomic mass is 10.0. The molecule has 3 N–H and O–H groups in total. The lowest BCUT2D eigenvalue weighted by Gasteiger charge is -2.31. The molecule has 11 nitrogen and oxygen atoms in total. The number of carbonyl (C=O) groups excluding carboxylic acids is 2. The minimum atomic E-state index is -1.49. The zero-order valence-electron chi connectivity index (χ0n) is 31.3. The van der Waals surface area contributed by atoms with Crippen molar-refractivity contribution in [3.63, 3.8) is 0 Å². The van der Waals surface area contributed by atoms with E-state index in [-0.39, 0.29) is 37.0 Å². The Hall–Kier alpha value is -6.43. The molecule has 5 atom stereocenters. The maximum Gasteiger partial charge on any atom is 0.330 e. The van der Waals surface area contributed by atoms with Gasteiger partial charge in [-0.1, -0.05) is 56.3 Å². The van der Waals surface area contributed by atoms with E-state index in [1.807, 2.05) is 68.4 Å². The number of amides is 2. The summed E-state index contributed by atoms with van der Waals surface area (Å²) in [5, 5.41) is 16.9. The first-order valence-corrected chi connectivity index (χ1v) is 18.5. The molecule has 0 bridgehead atoms. The molecule has 288 valence electrons. The number of anilines is 1. The van der Waals surface area contributed by atoms with E-state index >= 15 is 0 Å². The quantitative estimate of drug-likeness (QED) is 0.0985. The van der Waals surface area contributed by atoms with Gasteiger partial charge in [0.05, 0.1) is 24.9 Å². The second-order valence-electron chi connectivity index (χ2n) is 14.5. The zero-order chi connectivity index (χ0) is 39.6. The molecule has 0 spiro atoms. The standard InChI is InChI=1S/C44H43FN4O7/c1-5-28-24-44(28,43(52)53)48-41(50)38-22-34(56-39-23-36(27-10-7-6-8-11-27)47-37-21-32(54-4)18-19-35(37)39)25-49(38)42(51)40(26(2)3)46-30-12-9-13-33(20-30)55-31-16-14-29(45)15-17-31/h5-21,23,26,28,34,38,40,46H,1,22,24-25H2,2-4H3,(H,48,50)(H,52,53)/t28-,34+,38-,40-,44?/m0/s1. The van der Waals surface area contributed by atoms with E-state index in [9.17, 15) is 23.9 Å². The van der Waals surface area contributed by atoms with Crippen LogP contribution in [0.4, 0.5) is 10.1 Å². The number of hydrogen-bond acceptors (Lipinski definition) is 8. The number of aliphatic carboxylic acids is 1. The number of carboxylic acid groups (broad SMARTS) is 1. The van der Waals surface area contributed by atoms with Crippen molar-refractivity contribution in [1.82, 2.24) is 15.2 Å². The van der Waals surface area contributed by atoms with Gasteiger partial charge in [-0.2, -0.15) is 0 Å². The van der Waals surface area contributed by atoms with Crippen LogP contribution in [0.2, 0.25) is 0 Å². The molecule has 5 aromatic rings. The maximum atomic E-state index is 14.7. The van der Waals surface area contributed by atoms with Crippen LogP contribution < -0.4 is 24.8 Å². The number of carbonyl (C=O) groups is 3. The Labute approximate surface area is 324 Å². The van der Waals surface area contributed by atoms with Crippen molar-refractivity contribution >= 4 is 34.4 Å². The number of nitrogens with one attached hydrogen (secondary N) is 2. The van der Waals surface area contributed by atoms with Crippen LogP contribution in [0.25, 0.3) is 22.2 Å². The summed E-state index contributed by atoms with van der Waals surface area (Å²) in [6.07, 6.45) is 1.21. The van der Waals surface area contributed by atoms with E-state index in [1.165, 1.54) is 35.2 Å². The molecule has 2 aliphatic rings. The summed E-state index contributed by atoms with van der Waals surface area (Å²) in [6, 6.07) is 27.9. The second kappa shape index (κ2) is 15.7. The maximum absolute atomic E-state index is 14.7. The number of benzene rings is 4. The van der Waals surface area contributed by atoms with Crippen LogP contribution in [0.1, 0.15) is 26.7 Å². The van der Waals surface area contributed by atoms with Gasteiger partial charge in [0.25, 0.3) is 0 Å². The van der Waals surface area contributed by atoms with Crippen LogP contribution >= 0.6 is 0 Å². The molecule has 2 fully saturated rings. The van der Waals surface area contributed by atoms with Crippen molar-refractivity contribution in [3.05, 3.63) is 122 Å². The number of halogens is 1. The minimum absolute atomic E-state index is 0.0567. The number of likely N-dealkylation sites (tertiary alicyclic amines) is 1. The van der Waals surface area contributed by atoms with Crippen molar-refractivity contribution in [2.75, 3.05) is 19.0 Å². The summed E-state index contributed by atoms with van der Waals surface area (Å²) in [6.45, 7) is 7.59. The van der Waals surface area contributed by atoms with Crippen LogP contribution in [0.3, 0.4) is 0 Å². The van der Waals surface area contributed by atoms with Gasteiger partial charge in [-0.25, -0.2) is 14.2 Å². The Morgan fingerprint density at radius 1 is 0.964 bits per heavy atom. The average molecular weight is 759 g/mol. The van der Waals surface area contributed by atoms with Crippen LogP contribution in [-0.4, -0.2) is 70.2 Å². The molecule has 1 saturated heterocycles. The topological polar surface area (TPSA) is 139 Å². The van der Waals surface area contributed by atoms with Crippen LogP contribution in [0.15, 0.2) is 116 Å². The minimum Gasteiger partial charge on any atom is -0.497 e. The van der Waals surface area contributed by atoms with Gasteiger partial charge in [-0.05, 0) is 60.9 Å². The average Bonchev–Trinajstić information content (AvgIpc) is 3.76.